The number of anilines is 1. The molecule has 194 valence electrons. The molecule has 0 unspecified atom stereocenters. The molecule has 0 radical (unpaired) electrons. The molecule has 0 aromatic heterocycles. The average Bonchev–Trinajstić information content (AvgIpc) is 3.49. The van der Waals surface area contributed by atoms with Crippen LogP contribution < -0.4 is 27.1 Å². The zero-order chi connectivity index (χ0) is 25.7. The zero-order valence-corrected chi connectivity index (χ0v) is 21.7. The van der Waals surface area contributed by atoms with Crippen LogP contribution in [0.4, 0.5) is 5.69 Å². The largest absolute Gasteiger partial charge is 0.449 e. The molecule has 0 saturated heterocycles. The highest BCUT2D eigenvalue weighted by atomic mass is 16.5. The molecular weight excluding hydrogens is 462 g/mol. The fourth-order valence-electron chi connectivity index (χ4n) is 4.35. The summed E-state index contributed by atoms with van der Waals surface area (Å²) < 4.78 is 17.6. The Kier molecular flexibility index (Phi) is 11.1. The normalized spacial score (nSPS) is 15.4. The van der Waals surface area contributed by atoms with Crippen LogP contribution >= 0.6 is 0 Å². The first kappa shape index (κ1) is 27.4. The second-order valence-electron chi connectivity index (χ2n) is 9.10. The number of para-hydroxylation sites is 1. The summed E-state index contributed by atoms with van der Waals surface area (Å²) in [7, 11) is -0.165. The molecule has 7 nitrogen and oxygen atoms in total. The van der Waals surface area contributed by atoms with Gasteiger partial charge in [-0.05, 0) is 40.1 Å². The smallest absolute Gasteiger partial charge is 0.426 e. The maximum Gasteiger partial charge on any atom is 0.449 e. The van der Waals surface area contributed by atoms with Crippen molar-refractivity contribution in [3.63, 3.8) is 0 Å². The number of hydrogen-bond acceptors (Lipinski definition) is 7. The minimum absolute atomic E-state index is 0.165. The Labute approximate surface area is 221 Å². The predicted octanol–water partition coefficient (Wildman–Crippen LogP) is 2.21. The van der Waals surface area contributed by atoms with Crippen molar-refractivity contribution in [1.29, 1.82) is 0 Å². The van der Waals surface area contributed by atoms with Crippen molar-refractivity contribution >= 4 is 25.1 Å². The van der Waals surface area contributed by atoms with Crippen LogP contribution in [0.2, 0.25) is 0 Å². The van der Waals surface area contributed by atoms with E-state index in [0.29, 0.717) is 26.4 Å². The highest BCUT2D eigenvalue weighted by molar-refractivity contribution is 6.72. The van der Waals surface area contributed by atoms with Gasteiger partial charge in [-0.25, -0.2) is 0 Å². The molecule has 2 aromatic rings. The molecule has 2 aromatic carbocycles. The van der Waals surface area contributed by atoms with E-state index < -0.39 is 0 Å². The lowest BCUT2D eigenvalue weighted by Gasteiger charge is -2.19. The highest BCUT2D eigenvalue weighted by Gasteiger charge is 2.30. The summed E-state index contributed by atoms with van der Waals surface area (Å²) in [6, 6.07) is 16.7. The van der Waals surface area contributed by atoms with Gasteiger partial charge < -0.3 is 35.6 Å². The van der Waals surface area contributed by atoms with Gasteiger partial charge >= 0.3 is 14.0 Å². The van der Waals surface area contributed by atoms with Crippen LogP contribution in [0.15, 0.2) is 83.8 Å². The number of hydrogen-bond donors (Lipinski definition) is 4. The standard InChI is InChI=1S/C18H23BN2O2.C10H15BN2O/c1-2-20-11-12-23-19-17-9-7-15(8-10-17)13-22-14-16-5-3-4-6-18(16)21-19;12-5-6-13-7-8-14-11-9-1-2-10(11)4-3-9/h3-10,20-21H,2,11-14H2,1H3;1-4,13H,5-8,12H2. The number of nitrogens with one attached hydrogen (secondary N) is 3. The topological polar surface area (TPSA) is 89.8 Å². The maximum absolute atomic E-state index is 6.08. The van der Waals surface area contributed by atoms with Gasteiger partial charge in [-0.15, -0.1) is 0 Å². The van der Waals surface area contributed by atoms with Crippen LogP contribution in [0, 0.1) is 0 Å². The summed E-state index contributed by atoms with van der Waals surface area (Å²) in [6.45, 7) is 9.12. The molecule has 0 aliphatic carbocycles. The molecule has 0 spiro atoms. The maximum atomic E-state index is 6.08. The number of benzene rings is 2. The van der Waals surface area contributed by atoms with E-state index in [1.54, 1.807) is 0 Å². The summed E-state index contributed by atoms with van der Waals surface area (Å²) in [5.74, 6) is 0. The monoisotopic (exact) mass is 500 g/mol. The summed E-state index contributed by atoms with van der Waals surface area (Å²) >= 11 is 0. The van der Waals surface area contributed by atoms with Gasteiger partial charge in [-0.1, -0.05) is 73.7 Å². The molecule has 6 rings (SSSR count). The third kappa shape index (κ3) is 8.17. The SMILES string of the molecule is CCNCCOB1Nc2ccccc2COCc2ccc1cc2.NCCNCCOB1C2=CC=C1C=C2. The number of fused-ring (bicyclic) bond motifs is 7. The van der Waals surface area contributed by atoms with Crippen LogP contribution in [-0.4, -0.2) is 59.9 Å². The van der Waals surface area contributed by atoms with Crippen LogP contribution in [0.25, 0.3) is 0 Å². The van der Waals surface area contributed by atoms with E-state index >= 15 is 0 Å². The summed E-state index contributed by atoms with van der Waals surface area (Å²) in [6.07, 6.45) is 8.47. The van der Waals surface area contributed by atoms with Gasteiger partial charge in [0.1, 0.15) is 0 Å². The van der Waals surface area contributed by atoms with Crippen molar-refractivity contribution < 1.29 is 14.0 Å². The van der Waals surface area contributed by atoms with Crippen molar-refractivity contribution in [3.05, 3.63) is 94.9 Å². The molecule has 9 heteroatoms. The van der Waals surface area contributed by atoms with Crippen molar-refractivity contribution in [1.82, 2.24) is 10.6 Å². The van der Waals surface area contributed by atoms with Gasteiger partial charge in [0, 0.05) is 45.1 Å². The van der Waals surface area contributed by atoms with Crippen LogP contribution in [0.3, 0.4) is 0 Å². The molecule has 4 heterocycles. The number of ether oxygens (including phenoxy) is 1. The third-order valence-electron chi connectivity index (χ3n) is 6.35. The van der Waals surface area contributed by atoms with E-state index in [4.69, 9.17) is 19.8 Å². The fourth-order valence-corrected chi connectivity index (χ4v) is 4.35. The molecule has 37 heavy (non-hydrogen) atoms. The van der Waals surface area contributed by atoms with Gasteiger partial charge in [-0.3, -0.25) is 0 Å². The predicted molar refractivity (Wildman–Crippen MR) is 154 cm³/mol. The molecule has 4 bridgehead atoms. The summed E-state index contributed by atoms with van der Waals surface area (Å²) in [5.41, 5.74) is 12.4. The first-order chi connectivity index (χ1) is 18.3. The molecule has 0 fully saturated rings. The molecule has 0 amide bonds. The van der Waals surface area contributed by atoms with Crippen molar-refractivity contribution in [3.8, 4) is 0 Å². The Balaban J connectivity index is 0.000000195. The van der Waals surface area contributed by atoms with E-state index in [1.807, 2.05) is 12.1 Å². The van der Waals surface area contributed by atoms with Crippen molar-refractivity contribution in [2.45, 2.75) is 20.1 Å². The Morgan fingerprint density at radius 1 is 0.892 bits per heavy atom. The van der Waals surface area contributed by atoms with Crippen LogP contribution in [0.1, 0.15) is 18.1 Å². The third-order valence-corrected chi connectivity index (χ3v) is 6.35. The quantitative estimate of drug-likeness (QED) is 0.278. The van der Waals surface area contributed by atoms with Crippen LogP contribution in [-0.2, 0) is 27.3 Å². The highest BCUT2D eigenvalue weighted by Crippen LogP contribution is 2.27. The summed E-state index contributed by atoms with van der Waals surface area (Å²) in [4.78, 5) is 0. The molecule has 0 saturated carbocycles. The lowest BCUT2D eigenvalue weighted by Crippen LogP contribution is -2.43. The van der Waals surface area contributed by atoms with Gasteiger partial charge in [0.15, 0.2) is 0 Å². The Bertz CT molecular complexity index is 1050. The molecule has 0 atom stereocenters. The zero-order valence-electron chi connectivity index (χ0n) is 21.7. The Morgan fingerprint density at radius 2 is 1.62 bits per heavy atom. The molecular formula is C28H38B2N4O3. The van der Waals surface area contributed by atoms with E-state index in [1.165, 1.54) is 16.5 Å². The van der Waals surface area contributed by atoms with Crippen LogP contribution in [0.5, 0.6) is 0 Å². The second kappa shape index (κ2) is 14.9. The molecule has 4 aliphatic rings. The first-order valence-electron chi connectivity index (χ1n) is 13.2. The van der Waals surface area contributed by atoms with E-state index in [9.17, 15) is 0 Å². The fraction of sp³-hybridized carbons (Fsp3) is 0.357. The van der Waals surface area contributed by atoms with Gasteiger partial charge in [0.05, 0.1) is 13.2 Å². The number of allylic oxidation sites excluding steroid dienone is 6. The van der Waals surface area contributed by atoms with Gasteiger partial charge in [-0.2, -0.15) is 0 Å². The average molecular weight is 500 g/mol. The lowest BCUT2D eigenvalue weighted by molar-refractivity contribution is 0.107. The molecule has 4 aliphatic heterocycles. The van der Waals surface area contributed by atoms with E-state index in [2.05, 4.69) is 83.5 Å². The Hall–Kier alpha value is -2.65. The number of nitrogens with two attached hydrogens (primary N) is 1. The number of rotatable bonds is 11. The Morgan fingerprint density at radius 3 is 2.35 bits per heavy atom. The van der Waals surface area contributed by atoms with Gasteiger partial charge in [0.25, 0.3) is 0 Å². The summed E-state index contributed by atoms with van der Waals surface area (Å²) in [5, 5.41) is 10.0. The van der Waals surface area contributed by atoms with E-state index in [-0.39, 0.29) is 14.0 Å². The second-order valence-corrected chi connectivity index (χ2v) is 9.10. The first-order valence-corrected chi connectivity index (χ1v) is 13.2. The minimum atomic E-state index is -0.165. The minimum Gasteiger partial charge on any atom is -0.426 e. The van der Waals surface area contributed by atoms with Gasteiger partial charge in [0.2, 0.25) is 0 Å². The number of likely N-dealkylation sites (N-methyl/N-ethyl adjacent to an activating group) is 1. The van der Waals surface area contributed by atoms with Crippen molar-refractivity contribution in [2.75, 3.05) is 51.2 Å². The van der Waals surface area contributed by atoms with E-state index in [0.717, 1.165) is 49.5 Å². The lowest BCUT2D eigenvalue weighted by atomic mass is 9.61. The molecule has 5 N–H and O–H groups in total. The van der Waals surface area contributed by atoms with Crippen molar-refractivity contribution in [2.24, 2.45) is 5.73 Å².